The molecule has 1 aromatic heterocycles. The van der Waals surface area contributed by atoms with Crippen molar-refractivity contribution in [3.05, 3.63) is 18.5 Å². The van der Waals surface area contributed by atoms with Crippen LogP contribution in [0.15, 0.2) is 17.8 Å². The fourth-order valence-corrected chi connectivity index (χ4v) is 1.96. The van der Waals surface area contributed by atoms with Crippen LogP contribution in [-0.4, -0.2) is 31.6 Å². The number of allylic oxidation sites excluding steroid dienone is 1. The van der Waals surface area contributed by atoms with Gasteiger partial charge < -0.3 is 9.67 Å². The number of aromatic nitrogens is 3. The molecule has 0 saturated heterocycles. The van der Waals surface area contributed by atoms with E-state index in [4.69, 9.17) is 5.11 Å². The molecular formula is C10H15N3O2S. The van der Waals surface area contributed by atoms with E-state index in [0.717, 1.165) is 18.7 Å². The van der Waals surface area contributed by atoms with Crippen molar-refractivity contribution in [2.45, 2.75) is 31.5 Å². The smallest absolute Gasteiger partial charge is 0.313 e. The Hall–Kier alpha value is -1.30. The minimum atomic E-state index is -0.852. The molecule has 88 valence electrons. The zero-order valence-electron chi connectivity index (χ0n) is 9.22. The lowest BCUT2D eigenvalue weighted by atomic mass is 10.3. The highest BCUT2D eigenvalue weighted by Crippen LogP contribution is 2.17. The van der Waals surface area contributed by atoms with E-state index >= 15 is 0 Å². The Kier molecular flexibility index (Phi) is 5.04. The van der Waals surface area contributed by atoms with E-state index in [-0.39, 0.29) is 5.75 Å². The quantitative estimate of drug-likeness (QED) is 0.580. The minimum Gasteiger partial charge on any atom is -0.481 e. The molecule has 0 unspecified atom stereocenters. The van der Waals surface area contributed by atoms with Gasteiger partial charge in [-0.25, -0.2) is 0 Å². The van der Waals surface area contributed by atoms with Gasteiger partial charge in [0, 0.05) is 13.0 Å². The third kappa shape index (κ3) is 3.37. The number of thioether (sulfide) groups is 1. The van der Waals surface area contributed by atoms with Crippen LogP contribution < -0.4 is 0 Å². The second-order valence-electron chi connectivity index (χ2n) is 3.23. The fraction of sp³-hybridized carbons (Fsp3) is 0.500. The number of nitrogens with zero attached hydrogens (tertiary/aromatic N) is 3. The Morgan fingerprint density at radius 1 is 1.62 bits per heavy atom. The van der Waals surface area contributed by atoms with Crippen LogP contribution in [0, 0.1) is 0 Å². The molecule has 0 aliphatic heterocycles. The van der Waals surface area contributed by atoms with Crippen LogP contribution in [0.1, 0.15) is 19.2 Å². The lowest BCUT2D eigenvalue weighted by Gasteiger charge is -2.05. The Bertz CT molecular complexity index is 376. The predicted octanol–water partition coefficient (Wildman–Crippen LogP) is 1.59. The summed E-state index contributed by atoms with van der Waals surface area (Å²) in [5.74, 6) is 0.0342. The highest BCUT2D eigenvalue weighted by molar-refractivity contribution is 7.99. The first-order chi connectivity index (χ1) is 7.69. The third-order valence-corrected chi connectivity index (χ3v) is 2.86. The molecule has 1 N–H and O–H groups in total. The van der Waals surface area contributed by atoms with Gasteiger partial charge in [-0.2, -0.15) is 0 Å². The van der Waals surface area contributed by atoms with E-state index in [2.05, 4.69) is 23.7 Å². The molecular weight excluding hydrogens is 226 g/mol. The fourth-order valence-electron chi connectivity index (χ4n) is 1.27. The van der Waals surface area contributed by atoms with E-state index in [1.54, 1.807) is 6.08 Å². The molecule has 0 aliphatic rings. The molecule has 0 bridgehead atoms. The van der Waals surface area contributed by atoms with Crippen molar-refractivity contribution in [3.8, 4) is 0 Å². The van der Waals surface area contributed by atoms with Crippen molar-refractivity contribution in [1.82, 2.24) is 14.8 Å². The van der Waals surface area contributed by atoms with Crippen LogP contribution in [0.4, 0.5) is 0 Å². The van der Waals surface area contributed by atoms with E-state index in [1.165, 1.54) is 11.8 Å². The van der Waals surface area contributed by atoms with Crippen molar-refractivity contribution in [2.75, 3.05) is 5.75 Å². The first-order valence-corrected chi connectivity index (χ1v) is 6.05. The first kappa shape index (κ1) is 12.8. The van der Waals surface area contributed by atoms with Crippen LogP contribution in [0.3, 0.4) is 0 Å². The monoisotopic (exact) mass is 241 g/mol. The summed E-state index contributed by atoms with van der Waals surface area (Å²) in [6.45, 7) is 6.35. The van der Waals surface area contributed by atoms with E-state index < -0.39 is 5.97 Å². The van der Waals surface area contributed by atoms with Gasteiger partial charge in [-0.3, -0.25) is 4.79 Å². The van der Waals surface area contributed by atoms with Crippen LogP contribution in [0.2, 0.25) is 0 Å². The van der Waals surface area contributed by atoms with Gasteiger partial charge in [0.25, 0.3) is 0 Å². The maximum absolute atomic E-state index is 10.5. The Balaban J connectivity index is 2.81. The molecule has 0 radical (unpaired) electrons. The SMILES string of the molecule is C=CCn1c(CCC)nnc1SCC(=O)O. The highest BCUT2D eigenvalue weighted by Gasteiger charge is 2.11. The molecule has 0 amide bonds. The zero-order chi connectivity index (χ0) is 12.0. The molecule has 6 heteroatoms. The van der Waals surface area contributed by atoms with E-state index in [0.29, 0.717) is 11.7 Å². The summed E-state index contributed by atoms with van der Waals surface area (Å²) in [7, 11) is 0. The van der Waals surface area contributed by atoms with Gasteiger partial charge in [0.2, 0.25) is 0 Å². The summed E-state index contributed by atoms with van der Waals surface area (Å²) in [6.07, 6.45) is 3.58. The highest BCUT2D eigenvalue weighted by atomic mass is 32.2. The Morgan fingerprint density at radius 2 is 2.38 bits per heavy atom. The lowest BCUT2D eigenvalue weighted by molar-refractivity contribution is -0.133. The molecule has 0 aliphatic carbocycles. The van der Waals surface area contributed by atoms with Crippen LogP contribution in [0.5, 0.6) is 0 Å². The lowest BCUT2D eigenvalue weighted by Crippen LogP contribution is -2.05. The standard InChI is InChI=1S/C10H15N3O2S/c1-3-5-8-11-12-10(13(8)6-4-2)16-7-9(14)15/h4H,2-3,5-7H2,1H3,(H,14,15). The van der Waals surface area contributed by atoms with Crippen LogP contribution >= 0.6 is 11.8 Å². The summed E-state index contributed by atoms with van der Waals surface area (Å²) >= 11 is 1.18. The number of rotatable bonds is 7. The van der Waals surface area contributed by atoms with Gasteiger partial charge in [0.1, 0.15) is 5.82 Å². The van der Waals surface area contributed by atoms with Crippen LogP contribution in [0.25, 0.3) is 0 Å². The van der Waals surface area contributed by atoms with Crippen LogP contribution in [-0.2, 0) is 17.8 Å². The maximum Gasteiger partial charge on any atom is 0.313 e. The van der Waals surface area contributed by atoms with Crippen molar-refractivity contribution < 1.29 is 9.90 Å². The molecule has 0 saturated carbocycles. The molecule has 1 aromatic rings. The van der Waals surface area contributed by atoms with E-state index in [9.17, 15) is 4.79 Å². The molecule has 0 aromatic carbocycles. The molecule has 16 heavy (non-hydrogen) atoms. The second kappa shape index (κ2) is 6.32. The number of hydrogen-bond acceptors (Lipinski definition) is 4. The molecule has 1 rings (SSSR count). The summed E-state index contributed by atoms with van der Waals surface area (Å²) in [5.41, 5.74) is 0. The summed E-state index contributed by atoms with van der Waals surface area (Å²) in [4.78, 5) is 10.5. The number of carboxylic acid groups (broad SMARTS) is 1. The Labute approximate surface area is 98.6 Å². The van der Waals surface area contributed by atoms with Gasteiger partial charge in [0.15, 0.2) is 5.16 Å². The van der Waals surface area contributed by atoms with Gasteiger partial charge >= 0.3 is 5.97 Å². The predicted molar refractivity (Wildman–Crippen MR) is 62.6 cm³/mol. The summed E-state index contributed by atoms with van der Waals surface area (Å²) in [6, 6.07) is 0. The number of hydrogen-bond donors (Lipinski definition) is 1. The number of carboxylic acids is 1. The van der Waals surface area contributed by atoms with Gasteiger partial charge in [-0.15, -0.1) is 16.8 Å². The minimum absolute atomic E-state index is 0.00139. The van der Waals surface area contributed by atoms with Crippen molar-refractivity contribution in [2.24, 2.45) is 0 Å². The first-order valence-electron chi connectivity index (χ1n) is 5.06. The normalized spacial score (nSPS) is 10.3. The number of carbonyl (C=O) groups is 1. The van der Waals surface area contributed by atoms with Crippen molar-refractivity contribution in [1.29, 1.82) is 0 Å². The second-order valence-corrected chi connectivity index (χ2v) is 4.17. The van der Waals surface area contributed by atoms with Crippen molar-refractivity contribution >= 4 is 17.7 Å². The van der Waals surface area contributed by atoms with Gasteiger partial charge in [-0.05, 0) is 6.42 Å². The largest absolute Gasteiger partial charge is 0.481 e. The van der Waals surface area contributed by atoms with E-state index in [1.807, 2.05) is 4.57 Å². The molecule has 1 heterocycles. The molecule has 0 spiro atoms. The van der Waals surface area contributed by atoms with Gasteiger partial charge in [-0.1, -0.05) is 24.8 Å². The van der Waals surface area contributed by atoms with Gasteiger partial charge in [0.05, 0.1) is 5.75 Å². The summed E-state index contributed by atoms with van der Waals surface area (Å²) in [5, 5.41) is 17.3. The number of aliphatic carboxylic acids is 1. The summed E-state index contributed by atoms with van der Waals surface area (Å²) < 4.78 is 1.91. The topological polar surface area (TPSA) is 68.0 Å². The average molecular weight is 241 g/mol. The Morgan fingerprint density at radius 3 is 2.94 bits per heavy atom. The third-order valence-electron chi connectivity index (χ3n) is 1.90. The number of aryl methyl sites for hydroxylation is 1. The average Bonchev–Trinajstić information content (AvgIpc) is 2.60. The molecule has 0 atom stereocenters. The maximum atomic E-state index is 10.5. The molecule has 0 fully saturated rings. The van der Waals surface area contributed by atoms with Crippen molar-refractivity contribution in [3.63, 3.8) is 0 Å². The zero-order valence-corrected chi connectivity index (χ0v) is 10.0. The molecule has 5 nitrogen and oxygen atoms in total.